The van der Waals surface area contributed by atoms with E-state index in [1.165, 1.54) is 5.48 Å². The first-order chi connectivity index (χ1) is 5.95. The first kappa shape index (κ1) is 9.93. The lowest BCUT2D eigenvalue weighted by Crippen LogP contribution is -2.19. The summed E-state index contributed by atoms with van der Waals surface area (Å²) in [4.78, 5) is 13.5. The Morgan fingerprint density at radius 2 is 2.23 bits per heavy atom. The molecule has 0 atom stereocenters. The monoisotopic (exact) mass is 212 g/mol. The summed E-state index contributed by atoms with van der Waals surface area (Å²) in [5.74, 6) is -1.06. The molecule has 1 aromatic heterocycles. The zero-order valence-electron chi connectivity index (χ0n) is 5.92. The van der Waals surface area contributed by atoms with Gasteiger partial charge in [0.1, 0.15) is 5.69 Å². The SMILES string of the molecule is O=C(NO)c1csc(C(F)(F)F)n1. The van der Waals surface area contributed by atoms with Gasteiger partial charge in [0.15, 0.2) is 5.01 Å². The van der Waals surface area contributed by atoms with E-state index in [4.69, 9.17) is 5.21 Å². The van der Waals surface area contributed by atoms with Crippen LogP contribution in [-0.2, 0) is 6.18 Å². The number of carbonyl (C=O) groups excluding carboxylic acids is 1. The van der Waals surface area contributed by atoms with Gasteiger partial charge in [-0.05, 0) is 0 Å². The molecule has 0 saturated carbocycles. The maximum Gasteiger partial charge on any atom is 0.443 e. The van der Waals surface area contributed by atoms with Crippen molar-refractivity contribution < 1.29 is 23.2 Å². The number of nitrogens with one attached hydrogen (secondary N) is 1. The third kappa shape index (κ3) is 2.16. The second-order valence-corrected chi connectivity index (χ2v) is 2.83. The minimum absolute atomic E-state index is 0.292. The fourth-order valence-electron chi connectivity index (χ4n) is 0.566. The maximum absolute atomic E-state index is 11.9. The highest BCUT2D eigenvalue weighted by atomic mass is 32.1. The largest absolute Gasteiger partial charge is 0.443 e. The lowest BCUT2D eigenvalue weighted by atomic mass is 10.5. The van der Waals surface area contributed by atoms with Crippen LogP contribution in [0.15, 0.2) is 5.38 Å². The van der Waals surface area contributed by atoms with Gasteiger partial charge in [0, 0.05) is 5.38 Å². The molecule has 0 saturated heterocycles. The maximum atomic E-state index is 11.9. The molecule has 0 radical (unpaired) electrons. The molecule has 13 heavy (non-hydrogen) atoms. The number of alkyl halides is 3. The quantitative estimate of drug-likeness (QED) is 0.544. The molecule has 0 spiro atoms. The molecule has 0 aromatic carbocycles. The third-order valence-corrected chi connectivity index (χ3v) is 1.97. The van der Waals surface area contributed by atoms with E-state index in [0.717, 1.165) is 5.38 Å². The number of hydroxylamine groups is 1. The van der Waals surface area contributed by atoms with E-state index in [1.54, 1.807) is 0 Å². The predicted molar refractivity (Wildman–Crippen MR) is 36.4 cm³/mol. The van der Waals surface area contributed by atoms with Gasteiger partial charge in [-0.2, -0.15) is 13.2 Å². The Morgan fingerprint density at radius 1 is 1.62 bits per heavy atom. The Hall–Kier alpha value is -1.15. The van der Waals surface area contributed by atoms with Gasteiger partial charge in [0.25, 0.3) is 5.91 Å². The number of hydrogen-bond acceptors (Lipinski definition) is 4. The van der Waals surface area contributed by atoms with Crippen LogP contribution in [0.3, 0.4) is 0 Å². The van der Waals surface area contributed by atoms with Crippen LogP contribution in [0.5, 0.6) is 0 Å². The van der Waals surface area contributed by atoms with Crippen molar-refractivity contribution in [2.75, 3.05) is 0 Å². The van der Waals surface area contributed by atoms with Crippen molar-refractivity contribution in [2.45, 2.75) is 6.18 Å². The normalized spacial score (nSPS) is 11.4. The number of amides is 1. The lowest BCUT2D eigenvalue weighted by Gasteiger charge is -1.98. The van der Waals surface area contributed by atoms with Crippen LogP contribution in [0.2, 0.25) is 0 Å². The smallest absolute Gasteiger partial charge is 0.288 e. The Kier molecular flexibility index (Phi) is 2.52. The second kappa shape index (κ2) is 3.30. The second-order valence-electron chi connectivity index (χ2n) is 1.98. The molecule has 0 aliphatic rings. The lowest BCUT2D eigenvalue weighted by molar-refractivity contribution is -0.137. The van der Waals surface area contributed by atoms with Gasteiger partial charge in [-0.25, -0.2) is 10.5 Å². The van der Waals surface area contributed by atoms with Crippen LogP contribution in [0.1, 0.15) is 15.5 Å². The Bertz CT molecular complexity index is 322. The summed E-state index contributed by atoms with van der Waals surface area (Å²) in [6.07, 6.45) is -4.56. The number of carbonyl (C=O) groups is 1. The standard InChI is InChI=1S/C5H3F3N2O2S/c6-5(7,8)4-9-2(1-13-4)3(11)10-12/h1,12H,(H,10,11). The van der Waals surface area contributed by atoms with Gasteiger partial charge >= 0.3 is 6.18 Å². The zero-order valence-corrected chi connectivity index (χ0v) is 6.74. The number of thiazole rings is 1. The van der Waals surface area contributed by atoms with Crippen LogP contribution in [-0.4, -0.2) is 16.1 Å². The van der Waals surface area contributed by atoms with Crippen LogP contribution in [0, 0.1) is 0 Å². The molecule has 1 amide bonds. The van der Waals surface area contributed by atoms with E-state index < -0.39 is 22.8 Å². The van der Waals surface area contributed by atoms with Crippen molar-refractivity contribution in [1.29, 1.82) is 0 Å². The van der Waals surface area contributed by atoms with E-state index in [0.29, 0.717) is 11.3 Å². The van der Waals surface area contributed by atoms with Crippen molar-refractivity contribution in [2.24, 2.45) is 0 Å². The molecule has 1 aromatic rings. The van der Waals surface area contributed by atoms with Crippen LogP contribution >= 0.6 is 11.3 Å². The first-order valence-corrected chi connectivity index (χ1v) is 3.80. The van der Waals surface area contributed by atoms with Crippen molar-refractivity contribution in [3.63, 3.8) is 0 Å². The number of nitrogens with zero attached hydrogens (tertiary/aromatic N) is 1. The van der Waals surface area contributed by atoms with E-state index >= 15 is 0 Å². The van der Waals surface area contributed by atoms with Crippen molar-refractivity contribution in [1.82, 2.24) is 10.5 Å². The molecular weight excluding hydrogens is 209 g/mol. The molecule has 4 nitrogen and oxygen atoms in total. The molecule has 72 valence electrons. The zero-order chi connectivity index (χ0) is 10.1. The molecule has 0 fully saturated rings. The summed E-state index contributed by atoms with van der Waals surface area (Å²) < 4.78 is 35.8. The molecule has 2 N–H and O–H groups in total. The molecule has 0 aliphatic carbocycles. The van der Waals surface area contributed by atoms with Crippen molar-refractivity contribution in [3.05, 3.63) is 16.1 Å². The molecule has 0 unspecified atom stereocenters. The van der Waals surface area contributed by atoms with Gasteiger partial charge in [-0.15, -0.1) is 11.3 Å². The summed E-state index contributed by atoms with van der Waals surface area (Å²) >= 11 is 0.292. The molecule has 8 heteroatoms. The summed E-state index contributed by atoms with van der Waals surface area (Å²) in [6.45, 7) is 0. The fraction of sp³-hybridized carbons (Fsp3) is 0.200. The van der Waals surface area contributed by atoms with Gasteiger partial charge in [0.2, 0.25) is 0 Å². The number of rotatable bonds is 1. The minimum Gasteiger partial charge on any atom is -0.288 e. The van der Waals surface area contributed by atoms with E-state index in [1.807, 2.05) is 0 Å². The molecule has 0 aliphatic heterocycles. The molecular formula is C5H3F3N2O2S. The van der Waals surface area contributed by atoms with Gasteiger partial charge < -0.3 is 0 Å². The third-order valence-electron chi connectivity index (χ3n) is 1.08. The van der Waals surface area contributed by atoms with Crippen LogP contribution in [0.25, 0.3) is 0 Å². The predicted octanol–water partition coefficient (Wildman–Crippen LogP) is 1.28. The highest BCUT2D eigenvalue weighted by Gasteiger charge is 2.35. The molecule has 1 rings (SSSR count). The molecule has 1 heterocycles. The Labute approximate surface area is 74.0 Å². The summed E-state index contributed by atoms with van der Waals surface area (Å²) in [7, 11) is 0. The van der Waals surface area contributed by atoms with Gasteiger partial charge in [-0.1, -0.05) is 0 Å². The van der Waals surface area contributed by atoms with E-state index in [9.17, 15) is 18.0 Å². The average molecular weight is 212 g/mol. The number of halogens is 3. The summed E-state index contributed by atoms with van der Waals surface area (Å²) in [6, 6.07) is 0. The minimum atomic E-state index is -4.56. The Morgan fingerprint density at radius 3 is 2.62 bits per heavy atom. The summed E-state index contributed by atoms with van der Waals surface area (Å²) in [5, 5.41) is 7.88. The fourth-order valence-corrected chi connectivity index (χ4v) is 1.23. The highest BCUT2D eigenvalue weighted by Crippen LogP contribution is 2.31. The van der Waals surface area contributed by atoms with Crippen molar-refractivity contribution >= 4 is 17.2 Å². The van der Waals surface area contributed by atoms with Gasteiger partial charge in [-0.3, -0.25) is 10.0 Å². The first-order valence-electron chi connectivity index (χ1n) is 2.92. The Balaban J connectivity index is 2.93. The van der Waals surface area contributed by atoms with E-state index in [2.05, 4.69) is 4.98 Å². The van der Waals surface area contributed by atoms with Crippen LogP contribution < -0.4 is 5.48 Å². The number of aromatic nitrogens is 1. The topological polar surface area (TPSA) is 62.2 Å². The van der Waals surface area contributed by atoms with Crippen molar-refractivity contribution in [3.8, 4) is 0 Å². The number of hydrogen-bond donors (Lipinski definition) is 2. The van der Waals surface area contributed by atoms with Crippen LogP contribution in [0.4, 0.5) is 13.2 Å². The van der Waals surface area contributed by atoms with Gasteiger partial charge in [0.05, 0.1) is 0 Å². The average Bonchev–Trinajstić information content (AvgIpc) is 2.50. The highest BCUT2D eigenvalue weighted by molar-refractivity contribution is 7.09. The summed E-state index contributed by atoms with van der Waals surface area (Å²) in [5.41, 5.74) is 0.725. The molecule has 0 bridgehead atoms. The van der Waals surface area contributed by atoms with E-state index in [-0.39, 0.29) is 0 Å².